The Balaban J connectivity index is 1.91. The summed E-state index contributed by atoms with van der Waals surface area (Å²) in [5.41, 5.74) is 0.276. The van der Waals surface area contributed by atoms with E-state index < -0.39 is 34.3 Å². The van der Waals surface area contributed by atoms with Gasteiger partial charge in [0.1, 0.15) is 18.4 Å². The van der Waals surface area contributed by atoms with E-state index in [1.807, 2.05) is 0 Å². The molecule has 3 rings (SSSR count). The minimum absolute atomic E-state index is 0.0238. The van der Waals surface area contributed by atoms with E-state index in [0.29, 0.717) is 5.02 Å². The first-order valence-electron chi connectivity index (χ1n) is 11.2. The summed E-state index contributed by atoms with van der Waals surface area (Å²) in [4.78, 5) is 27.7. The molecule has 0 bridgehead atoms. The van der Waals surface area contributed by atoms with Gasteiger partial charge in [-0.2, -0.15) is 0 Å². The monoisotopic (exact) mass is 543 g/mol. The number of hydrogen-bond donors (Lipinski definition) is 1. The van der Waals surface area contributed by atoms with Gasteiger partial charge in [0, 0.05) is 23.2 Å². The number of nitrogens with zero attached hydrogens (tertiary/aromatic N) is 2. The van der Waals surface area contributed by atoms with E-state index in [4.69, 9.17) is 23.2 Å². The number of rotatable bonds is 9. The number of nitrogens with one attached hydrogen (secondary N) is 1. The fourth-order valence-electron chi connectivity index (χ4n) is 4.06. The van der Waals surface area contributed by atoms with Crippen LogP contribution in [0.25, 0.3) is 0 Å². The molecule has 1 aliphatic rings. The molecule has 0 saturated heterocycles. The SMILES string of the molecule is CC(C(=O)NC1CCCC1)N(Cc1ccccc1F)C(=O)CN(c1ccc(Cl)cc1Cl)S(C)(=O)=O. The van der Waals surface area contributed by atoms with E-state index >= 15 is 0 Å². The van der Waals surface area contributed by atoms with E-state index in [9.17, 15) is 22.4 Å². The van der Waals surface area contributed by atoms with Crippen LogP contribution >= 0.6 is 23.2 Å². The number of carbonyl (C=O) groups excluding carboxylic acids is 2. The average molecular weight is 544 g/mol. The molecular weight excluding hydrogens is 516 g/mol. The number of amides is 2. The molecule has 1 aliphatic carbocycles. The third-order valence-electron chi connectivity index (χ3n) is 6.02. The number of halogens is 3. The van der Waals surface area contributed by atoms with Crippen LogP contribution in [0.5, 0.6) is 0 Å². The first-order valence-corrected chi connectivity index (χ1v) is 13.8. The Morgan fingerprint density at radius 1 is 1.14 bits per heavy atom. The summed E-state index contributed by atoms with van der Waals surface area (Å²) < 4.78 is 40.5. The maximum Gasteiger partial charge on any atom is 0.244 e. The number of sulfonamides is 1. The van der Waals surface area contributed by atoms with E-state index in [1.54, 1.807) is 13.0 Å². The van der Waals surface area contributed by atoms with Crippen LogP contribution in [0.1, 0.15) is 38.2 Å². The number of benzene rings is 2. The lowest BCUT2D eigenvalue weighted by Crippen LogP contribution is -2.52. The second kappa shape index (κ2) is 11.6. The lowest BCUT2D eigenvalue weighted by Gasteiger charge is -2.32. The van der Waals surface area contributed by atoms with Crippen molar-refractivity contribution in [2.24, 2.45) is 0 Å². The van der Waals surface area contributed by atoms with Gasteiger partial charge in [-0.15, -0.1) is 0 Å². The molecule has 1 saturated carbocycles. The van der Waals surface area contributed by atoms with Crippen LogP contribution in [-0.4, -0.2) is 50.0 Å². The van der Waals surface area contributed by atoms with Crippen LogP contribution in [0.4, 0.5) is 10.1 Å². The highest BCUT2D eigenvalue weighted by Crippen LogP contribution is 2.30. The van der Waals surface area contributed by atoms with Gasteiger partial charge < -0.3 is 10.2 Å². The first-order chi connectivity index (χ1) is 16.5. The molecule has 0 aliphatic heterocycles. The van der Waals surface area contributed by atoms with Gasteiger partial charge in [-0.1, -0.05) is 54.2 Å². The summed E-state index contributed by atoms with van der Waals surface area (Å²) >= 11 is 12.2. The average Bonchev–Trinajstić information content (AvgIpc) is 3.29. The molecule has 0 spiro atoms. The number of carbonyl (C=O) groups is 2. The third kappa shape index (κ3) is 7.08. The van der Waals surface area contributed by atoms with Crippen molar-refractivity contribution < 1.29 is 22.4 Å². The van der Waals surface area contributed by atoms with Crippen molar-refractivity contribution in [3.63, 3.8) is 0 Å². The zero-order chi connectivity index (χ0) is 25.8. The topological polar surface area (TPSA) is 86.8 Å². The van der Waals surface area contributed by atoms with Crippen molar-refractivity contribution in [2.45, 2.75) is 51.2 Å². The van der Waals surface area contributed by atoms with Gasteiger partial charge in [0.05, 0.1) is 17.0 Å². The molecule has 0 aromatic heterocycles. The smallest absolute Gasteiger partial charge is 0.244 e. The first kappa shape index (κ1) is 27.2. The van der Waals surface area contributed by atoms with Gasteiger partial charge in [-0.05, 0) is 44.0 Å². The molecule has 1 atom stereocenters. The Bertz CT molecular complexity index is 1190. The molecule has 1 fully saturated rings. The third-order valence-corrected chi connectivity index (χ3v) is 7.69. The molecule has 1 N–H and O–H groups in total. The van der Waals surface area contributed by atoms with Gasteiger partial charge in [-0.25, -0.2) is 12.8 Å². The molecule has 2 aromatic carbocycles. The van der Waals surface area contributed by atoms with Crippen molar-refractivity contribution >= 4 is 50.7 Å². The minimum Gasteiger partial charge on any atom is -0.352 e. The second-order valence-electron chi connectivity index (χ2n) is 8.64. The normalized spacial score (nSPS) is 15.0. The molecule has 2 aromatic rings. The van der Waals surface area contributed by atoms with Crippen LogP contribution in [0, 0.1) is 5.82 Å². The lowest BCUT2D eigenvalue weighted by atomic mass is 10.1. The van der Waals surface area contributed by atoms with E-state index in [0.717, 1.165) is 36.2 Å². The van der Waals surface area contributed by atoms with Gasteiger partial charge in [0.15, 0.2) is 0 Å². The Kier molecular flexibility index (Phi) is 9.01. The van der Waals surface area contributed by atoms with Gasteiger partial charge in [0.25, 0.3) is 0 Å². The standard InChI is InChI=1S/C24H28Cl2FN3O4S/c1-16(24(32)28-19-8-4-5-9-19)29(14-17-7-3-6-10-21(17)27)23(31)15-30(35(2,33)34)22-12-11-18(25)13-20(22)26/h3,6-7,10-13,16,19H,4-5,8-9,14-15H2,1-2H3,(H,28,32). The summed E-state index contributed by atoms with van der Waals surface area (Å²) in [6.45, 7) is 0.704. The van der Waals surface area contributed by atoms with Crippen LogP contribution < -0.4 is 9.62 Å². The quantitative estimate of drug-likeness (QED) is 0.508. The van der Waals surface area contributed by atoms with Crippen molar-refractivity contribution in [1.29, 1.82) is 0 Å². The van der Waals surface area contributed by atoms with Gasteiger partial charge in [-0.3, -0.25) is 13.9 Å². The van der Waals surface area contributed by atoms with Crippen molar-refractivity contribution in [3.05, 3.63) is 63.9 Å². The number of anilines is 1. The van der Waals surface area contributed by atoms with E-state index in [-0.39, 0.29) is 34.8 Å². The van der Waals surface area contributed by atoms with Gasteiger partial charge >= 0.3 is 0 Å². The second-order valence-corrected chi connectivity index (χ2v) is 11.4. The highest BCUT2D eigenvalue weighted by atomic mass is 35.5. The summed E-state index contributed by atoms with van der Waals surface area (Å²) in [5.74, 6) is -1.59. The Labute approximate surface area is 215 Å². The molecule has 7 nitrogen and oxygen atoms in total. The molecule has 190 valence electrons. The van der Waals surface area contributed by atoms with E-state index in [2.05, 4.69) is 5.32 Å². The van der Waals surface area contributed by atoms with Crippen LogP contribution in [0.3, 0.4) is 0 Å². The fraction of sp³-hybridized carbons (Fsp3) is 0.417. The lowest BCUT2D eigenvalue weighted by molar-refractivity contribution is -0.139. The summed E-state index contributed by atoms with van der Waals surface area (Å²) in [6, 6.07) is 9.21. The molecular formula is C24H28Cl2FN3O4S. The van der Waals surface area contributed by atoms with E-state index in [1.165, 1.54) is 41.3 Å². The number of hydrogen-bond acceptors (Lipinski definition) is 4. The summed E-state index contributed by atoms with van der Waals surface area (Å²) in [5, 5.41) is 3.30. The minimum atomic E-state index is -3.94. The zero-order valence-electron chi connectivity index (χ0n) is 19.5. The Morgan fingerprint density at radius 3 is 2.40 bits per heavy atom. The molecule has 0 heterocycles. The maximum atomic E-state index is 14.4. The largest absolute Gasteiger partial charge is 0.352 e. The van der Waals surface area contributed by atoms with Crippen LogP contribution in [0.15, 0.2) is 42.5 Å². The predicted octanol–water partition coefficient (Wildman–Crippen LogP) is 4.37. The highest BCUT2D eigenvalue weighted by molar-refractivity contribution is 7.92. The molecule has 2 amide bonds. The predicted molar refractivity (Wildman–Crippen MR) is 135 cm³/mol. The maximum absolute atomic E-state index is 14.4. The molecule has 11 heteroatoms. The fourth-order valence-corrected chi connectivity index (χ4v) is 5.49. The van der Waals surface area contributed by atoms with Crippen LogP contribution in [0.2, 0.25) is 10.0 Å². The summed E-state index contributed by atoms with van der Waals surface area (Å²) in [6.07, 6.45) is 4.70. The van der Waals surface area contributed by atoms with Crippen LogP contribution in [-0.2, 0) is 26.2 Å². The Morgan fingerprint density at radius 2 is 1.80 bits per heavy atom. The molecule has 35 heavy (non-hydrogen) atoms. The Hall–Kier alpha value is -2.36. The van der Waals surface area contributed by atoms with Crippen molar-refractivity contribution in [2.75, 3.05) is 17.1 Å². The molecule has 0 radical (unpaired) electrons. The van der Waals surface area contributed by atoms with Crippen molar-refractivity contribution in [3.8, 4) is 0 Å². The highest BCUT2D eigenvalue weighted by Gasteiger charge is 2.32. The van der Waals surface area contributed by atoms with Gasteiger partial charge in [0.2, 0.25) is 21.8 Å². The van der Waals surface area contributed by atoms with Crippen molar-refractivity contribution in [1.82, 2.24) is 10.2 Å². The molecule has 1 unspecified atom stereocenters. The summed E-state index contributed by atoms with van der Waals surface area (Å²) in [7, 11) is -3.94. The zero-order valence-corrected chi connectivity index (χ0v) is 21.8.